The van der Waals surface area contributed by atoms with Crippen molar-refractivity contribution >= 4 is 15.7 Å². The number of sulfonamides is 1. The van der Waals surface area contributed by atoms with E-state index in [1.807, 2.05) is 0 Å². The molecular weight excluding hydrogens is 300 g/mol. The van der Waals surface area contributed by atoms with Crippen LogP contribution in [-0.2, 0) is 10.0 Å². The molecule has 1 aliphatic heterocycles. The van der Waals surface area contributed by atoms with Crippen LogP contribution in [0.25, 0.3) is 0 Å². The molecule has 2 rings (SSSR count). The van der Waals surface area contributed by atoms with Crippen molar-refractivity contribution < 1.29 is 23.6 Å². The van der Waals surface area contributed by atoms with Crippen LogP contribution >= 0.6 is 0 Å². The minimum Gasteiger partial charge on any atom is -0.502 e. The summed E-state index contributed by atoms with van der Waals surface area (Å²) in [7, 11) is -3.83. The number of nitro groups is 1. The number of phenolic OH excluding ortho intramolecular Hbond substituents is 1. The largest absolute Gasteiger partial charge is 0.502 e. The van der Waals surface area contributed by atoms with Crippen molar-refractivity contribution in [1.82, 2.24) is 4.31 Å². The molecule has 0 aromatic heterocycles. The van der Waals surface area contributed by atoms with Gasteiger partial charge >= 0.3 is 5.69 Å². The van der Waals surface area contributed by atoms with Gasteiger partial charge in [-0.15, -0.1) is 0 Å². The van der Waals surface area contributed by atoms with Gasteiger partial charge in [0.05, 0.1) is 9.82 Å². The summed E-state index contributed by atoms with van der Waals surface area (Å²) in [5, 5.41) is 29.0. The Morgan fingerprint density at radius 2 is 2.14 bits per heavy atom. The molecule has 0 bridgehead atoms. The summed E-state index contributed by atoms with van der Waals surface area (Å²) in [5.74, 6) is -0.476. The van der Waals surface area contributed by atoms with Gasteiger partial charge in [0.1, 0.15) is 0 Å². The summed E-state index contributed by atoms with van der Waals surface area (Å²) in [6.07, 6.45) is 1.18. The second-order valence-corrected chi connectivity index (χ2v) is 6.88. The predicted molar refractivity (Wildman–Crippen MR) is 73.3 cm³/mol. The minimum absolute atomic E-state index is 0.00321. The highest BCUT2D eigenvalue weighted by Gasteiger charge is 2.33. The molecule has 1 aliphatic rings. The average molecular weight is 316 g/mol. The van der Waals surface area contributed by atoms with Crippen LogP contribution in [-0.4, -0.2) is 47.6 Å². The van der Waals surface area contributed by atoms with Crippen molar-refractivity contribution in [2.75, 3.05) is 19.7 Å². The molecule has 1 atom stereocenters. The van der Waals surface area contributed by atoms with E-state index in [2.05, 4.69) is 0 Å². The Labute approximate surface area is 121 Å². The van der Waals surface area contributed by atoms with E-state index in [4.69, 9.17) is 5.11 Å². The van der Waals surface area contributed by atoms with Crippen molar-refractivity contribution in [3.05, 3.63) is 28.3 Å². The molecule has 0 saturated carbocycles. The molecule has 1 saturated heterocycles. The van der Waals surface area contributed by atoms with E-state index in [0.717, 1.165) is 18.2 Å². The molecule has 0 aliphatic carbocycles. The number of benzene rings is 1. The second kappa shape index (κ2) is 5.96. The van der Waals surface area contributed by atoms with E-state index in [-0.39, 0.29) is 24.0 Å². The lowest BCUT2D eigenvalue weighted by atomic mass is 10.1. The predicted octanol–water partition coefficient (Wildman–Crippen LogP) is 0.693. The van der Waals surface area contributed by atoms with Gasteiger partial charge in [0.2, 0.25) is 10.0 Å². The lowest BCUT2D eigenvalue weighted by Gasteiger charge is -2.16. The fraction of sp³-hybridized carbons (Fsp3) is 0.500. The van der Waals surface area contributed by atoms with Gasteiger partial charge < -0.3 is 10.2 Å². The lowest BCUT2D eigenvalue weighted by Crippen LogP contribution is -2.29. The van der Waals surface area contributed by atoms with E-state index in [1.54, 1.807) is 0 Å². The van der Waals surface area contributed by atoms with Gasteiger partial charge in [-0.2, -0.15) is 4.31 Å². The van der Waals surface area contributed by atoms with Crippen LogP contribution in [0, 0.1) is 16.0 Å². The number of hydrogen-bond donors (Lipinski definition) is 2. The van der Waals surface area contributed by atoms with Gasteiger partial charge in [0.25, 0.3) is 0 Å². The molecule has 0 amide bonds. The van der Waals surface area contributed by atoms with E-state index in [0.29, 0.717) is 19.4 Å². The first kappa shape index (κ1) is 15.7. The van der Waals surface area contributed by atoms with Crippen LogP contribution in [0.3, 0.4) is 0 Å². The average Bonchev–Trinajstić information content (AvgIpc) is 2.88. The molecule has 1 heterocycles. The third-order valence-electron chi connectivity index (χ3n) is 3.57. The monoisotopic (exact) mass is 316 g/mol. The first-order valence-corrected chi connectivity index (χ1v) is 7.88. The molecule has 1 fully saturated rings. The van der Waals surface area contributed by atoms with Gasteiger partial charge in [-0.05, 0) is 30.9 Å². The Morgan fingerprint density at radius 3 is 2.76 bits per heavy atom. The van der Waals surface area contributed by atoms with Gasteiger partial charge in [0, 0.05) is 25.8 Å². The van der Waals surface area contributed by atoms with Crippen molar-refractivity contribution in [3.63, 3.8) is 0 Å². The number of rotatable bonds is 5. The highest BCUT2D eigenvalue weighted by atomic mass is 32.2. The van der Waals surface area contributed by atoms with E-state index in [1.165, 1.54) is 4.31 Å². The molecule has 1 aromatic rings. The fourth-order valence-corrected chi connectivity index (χ4v) is 3.94. The summed E-state index contributed by atoms with van der Waals surface area (Å²) in [6.45, 7) is 0.614. The SMILES string of the molecule is O=[N+]([O-])c1cc(S(=O)(=O)N2CCC(CCO)C2)ccc1O. The van der Waals surface area contributed by atoms with Crippen LogP contribution in [0.5, 0.6) is 5.75 Å². The molecular formula is C12H16N2O6S. The molecule has 1 aromatic carbocycles. The van der Waals surface area contributed by atoms with Crippen LogP contribution in [0.2, 0.25) is 0 Å². The maximum atomic E-state index is 12.4. The molecule has 0 radical (unpaired) electrons. The number of nitro benzene ring substituents is 1. The lowest BCUT2D eigenvalue weighted by molar-refractivity contribution is -0.386. The number of phenols is 1. The second-order valence-electron chi connectivity index (χ2n) is 4.94. The van der Waals surface area contributed by atoms with Crippen LogP contribution < -0.4 is 0 Å². The maximum Gasteiger partial charge on any atom is 0.312 e. The minimum atomic E-state index is -3.83. The molecule has 21 heavy (non-hydrogen) atoms. The maximum absolute atomic E-state index is 12.4. The molecule has 116 valence electrons. The van der Waals surface area contributed by atoms with Crippen LogP contribution in [0.15, 0.2) is 23.1 Å². The Balaban J connectivity index is 2.28. The summed E-state index contributed by atoms with van der Waals surface area (Å²) >= 11 is 0. The molecule has 1 unspecified atom stereocenters. The van der Waals surface area contributed by atoms with Crippen LogP contribution in [0.4, 0.5) is 5.69 Å². The zero-order chi connectivity index (χ0) is 15.6. The Hall–Kier alpha value is -1.71. The van der Waals surface area contributed by atoms with E-state index >= 15 is 0 Å². The standard InChI is InChI=1S/C12H16N2O6S/c15-6-4-9-3-5-13(8-9)21(19,20)10-1-2-12(16)11(7-10)14(17)18/h1-2,7,9,15-16H,3-6,8H2. The summed E-state index contributed by atoms with van der Waals surface area (Å²) in [4.78, 5) is 9.73. The van der Waals surface area contributed by atoms with E-state index in [9.17, 15) is 23.6 Å². The van der Waals surface area contributed by atoms with Gasteiger partial charge in [0.15, 0.2) is 5.75 Å². The fourth-order valence-electron chi connectivity index (χ4n) is 2.39. The first-order valence-electron chi connectivity index (χ1n) is 6.44. The van der Waals surface area contributed by atoms with E-state index < -0.39 is 26.4 Å². The Kier molecular flexibility index (Phi) is 4.45. The number of nitrogens with zero attached hydrogens (tertiary/aromatic N) is 2. The Morgan fingerprint density at radius 1 is 1.43 bits per heavy atom. The highest BCUT2D eigenvalue weighted by Crippen LogP contribution is 2.31. The smallest absolute Gasteiger partial charge is 0.312 e. The number of aromatic hydroxyl groups is 1. The normalized spacial score (nSPS) is 19.8. The molecule has 8 nitrogen and oxygen atoms in total. The zero-order valence-corrected chi connectivity index (χ0v) is 12.0. The number of aliphatic hydroxyl groups excluding tert-OH is 1. The highest BCUT2D eigenvalue weighted by molar-refractivity contribution is 7.89. The Bertz CT molecular complexity index is 645. The van der Waals surface area contributed by atoms with Crippen molar-refractivity contribution in [2.24, 2.45) is 5.92 Å². The summed E-state index contributed by atoms with van der Waals surface area (Å²) in [6, 6.07) is 3.02. The van der Waals surface area contributed by atoms with Gasteiger partial charge in [-0.3, -0.25) is 10.1 Å². The van der Waals surface area contributed by atoms with Crippen molar-refractivity contribution in [3.8, 4) is 5.75 Å². The van der Waals surface area contributed by atoms with Gasteiger partial charge in [-0.25, -0.2) is 8.42 Å². The number of aliphatic hydroxyl groups is 1. The third-order valence-corrected chi connectivity index (χ3v) is 5.43. The number of hydrogen-bond acceptors (Lipinski definition) is 6. The molecule has 9 heteroatoms. The topological polar surface area (TPSA) is 121 Å². The first-order chi connectivity index (χ1) is 9.86. The van der Waals surface area contributed by atoms with Gasteiger partial charge in [-0.1, -0.05) is 0 Å². The van der Waals surface area contributed by atoms with Crippen LogP contribution in [0.1, 0.15) is 12.8 Å². The van der Waals surface area contributed by atoms with Crippen molar-refractivity contribution in [2.45, 2.75) is 17.7 Å². The third kappa shape index (κ3) is 3.14. The molecule has 2 N–H and O–H groups in total. The molecule has 0 spiro atoms. The zero-order valence-electron chi connectivity index (χ0n) is 11.2. The summed E-state index contributed by atoms with van der Waals surface area (Å²) in [5.41, 5.74) is -0.637. The summed E-state index contributed by atoms with van der Waals surface area (Å²) < 4.78 is 26.1. The van der Waals surface area contributed by atoms with Crippen molar-refractivity contribution in [1.29, 1.82) is 0 Å². The quantitative estimate of drug-likeness (QED) is 0.609.